The number of thiazole rings is 1. The highest BCUT2D eigenvalue weighted by Gasteiger charge is 2.27. The fourth-order valence-electron chi connectivity index (χ4n) is 4.18. The molecule has 0 saturated carbocycles. The van der Waals surface area contributed by atoms with Crippen molar-refractivity contribution in [2.45, 2.75) is 38.3 Å². The Morgan fingerprint density at radius 3 is 3.00 bits per heavy atom. The molecule has 5 rings (SSSR count). The molecule has 4 aromatic rings. The number of para-hydroxylation sites is 2. The Hall–Kier alpha value is -2.57. The number of rotatable bonds is 6. The van der Waals surface area contributed by atoms with Crippen LogP contribution in [0.25, 0.3) is 11.0 Å². The Labute approximate surface area is 168 Å². The van der Waals surface area contributed by atoms with Crippen LogP contribution in [0.5, 0.6) is 0 Å². The van der Waals surface area contributed by atoms with Crippen molar-refractivity contribution in [3.63, 3.8) is 0 Å². The largest absolute Gasteiger partial charge is 0.341 e. The highest BCUT2D eigenvalue weighted by molar-refractivity contribution is 7.07. The van der Waals surface area contributed by atoms with Gasteiger partial charge in [-0.3, -0.25) is 9.88 Å². The van der Waals surface area contributed by atoms with E-state index in [0.29, 0.717) is 6.04 Å². The summed E-state index contributed by atoms with van der Waals surface area (Å²) in [5.41, 5.74) is 7.83. The van der Waals surface area contributed by atoms with E-state index in [4.69, 9.17) is 9.97 Å². The van der Waals surface area contributed by atoms with E-state index >= 15 is 0 Å². The molecule has 0 amide bonds. The number of pyridine rings is 1. The zero-order valence-electron chi connectivity index (χ0n) is 15.7. The van der Waals surface area contributed by atoms with Gasteiger partial charge in [0.1, 0.15) is 5.82 Å². The van der Waals surface area contributed by atoms with Crippen LogP contribution < -0.4 is 0 Å². The lowest BCUT2D eigenvalue weighted by atomic mass is 9.90. The number of benzene rings is 1. The molecule has 1 aromatic carbocycles. The number of aromatic nitrogens is 4. The number of imidazole rings is 1. The standard InChI is InChI=1S/C22H23N5S/c1-2-8-19-18(7-1)25-21(26-19)13-27(12-10-17-14-28-15-24-17)20-9-3-5-16-6-4-11-23-22(16)20/h1-2,4,6-8,11,14-15,20H,3,5,9-10,12-13H2,(H,25,26)/t20-/m0/s1. The number of nitrogens with one attached hydrogen (secondary N) is 1. The third kappa shape index (κ3) is 3.57. The van der Waals surface area contributed by atoms with E-state index in [-0.39, 0.29) is 0 Å². The van der Waals surface area contributed by atoms with Crippen LogP contribution in [0, 0.1) is 0 Å². The van der Waals surface area contributed by atoms with Gasteiger partial charge in [0.05, 0.1) is 40.5 Å². The SMILES string of the molecule is c1cnc2c(c1)CCC[C@@H]2N(CCc1cscn1)Cc1nc2ccccc2[nH]1. The van der Waals surface area contributed by atoms with E-state index in [1.54, 1.807) is 11.3 Å². The summed E-state index contributed by atoms with van der Waals surface area (Å²) in [5, 5.41) is 2.15. The van der Waals surface area contributed by atoms with Gasteiger partial charge in [-0.1, -0.05) is 18.2 Å². The molecule has 0 saturated heterocycles. The molecule has 142 valence electrons. The molecule has 6 heteroatoms. The highest BCUT2D eigenvalue weighted by atomic mass is 32.1. The summed E-state index contributed by atoms with van der Waals surface area (Å²) in [6.45, 7) is 1.74. The van der Waals surface area contributed by atoms with E-state index in [9.17, 15) is 0 Å². The molecule has 3 aromatic heterocycles. The third-order valence-corrected chi connectivity index (χ3v) is 6.17. The zero-order valence-corrected chi connectivity index (χ0v) is 16.5. The summed E-state index contributed by atoms with van der Waals surface area (Å²) in [5.74, 6) is 1.02. The Morgan fingerprint density at radius 1 is 1.14 bits per heavy atom. The third-order valence-electron chi connectivity index (χ3n) is 5.54. The topological polar surface area (TPSA) is 57.7 Å². The van der Waals surface area contributed by atoms with Crippen LogP contribution in [0.15, 0.2) is 53.5 Å². The number of aryl methyl sites for hydroxylation is 1. The van der Waals surface area contributed by atoms with Crippen LogP contribution in [-0.2, 0) is 19.4 Å². The van der Waals surface area contributed by atoms with Crippen molar-refractivity contribution in [3.05, 3.63) is 76.3 Å². The maximum absolute atomic E-state index is 4.82. The van der Waals surface area contributed by atoms with E-state index in [2.05, 4.69) is 44.5 Å². The maximum atomic E-state index is 4.82. The molecule has 0 radical (unpaired) electrons. The Bertz CT molecular complexity index is 1020. The summed E-state index contributed by atoms with van der Waals surface area (Å²) < 4.78 is 0. The van der Waals surface area contributed by atoms with Crippen LogP contribution in [-0.4, -0.2) is 31.4 Å². The minimum atomic E-state index is 0.330. The summed E-state index contributed by atoms with van der Waals surface area (Å²) in [4.78, 5) is 20.1. The first-order valence-electron chi connectivity index (χ1n) is 9.85. The summed E-state index contributed by atoms with van der Waals surface area (Å²) in [6, 6.07) is 12.8. The normalized spacial score (nSPS) is 16.5. The van der Waals surface area contributed by atoms with Gasteiger partial charge < -0.3 is 4.98 Å². The summed E-state index contributed by atoms with van der Waals surface area (Å²) in [7, 11) is 0. The van der Waals surface area contributed by atoms with Gasteiger partial charge in [0.2, 0.25) is 0 Å². The minimum absolute atomic E-state index is 0.330. The Balaban J connectivity index is 1.44. The molecule has 5 nitrogen and oxygen atoms in total. The van der Waals surface area contributed by atoms with Gasteiger partial charge in [-0.25, -0.2) is 9.97 Å². The number of nitrogens with zero attached hydrogens (tertiary/aromatic N) is 4. The lowest BCUT2D eigenvalue weighted by Gasteiger charge is -2.34. The van der Waals surface area contributed by atoms with Crippen molar-refractivity contribution in [1.82, 2.24) is 24.8 Å². The number of hydrogen-bond donors (Lipinski definition) is 1. The molecule has 0 aliphatic heterocycles. The van der Waals surface area contributed by atoms with Crippen molar-refractivity contribution in [2.75, 3.05) is 6.54 Å². The van der Waals surface area contributed by atoms with Gasteiger partial charge >= 0.3 is 0 Å². The molecule has 1 aliphatic carbocycles. The van der Waals surface area contributed by atoms with Gasteiger partial charge in [-0.05, 0) is 43.0 Å². The van der Waals surface area contributed by atoms with Gasteiger partial charge in [0.15, 0.2) is 0 Å². The molecule has 3 heterocycles. The van der Waals surface area contributed by atoms with Crippen LogP contribution in [0.1, 0.15) is 41.7 Å². The number of H-pyrrole nitrogens is 1. The van der Waals surface area contributed by atoms with E-state index < -0.39 is 0 Å². The maximum Gasteiger partial charge on any atom is 0.121 e. The Kier molecular flexibility index (Phi) is 4.89. The number of aromatic amines is 1. The van der Waals surface area contributed by atoms with E-state index in [0.717, 1.165) is 54.9 Å². The van der Waals surface area contributed by atoms with Gasteiger partial charge in [0, 0.05) is 24.5 Å². The average Bonchev–Trinajstić information content (AvgIpc) is 3.40. The summed E-state index contributed by atoms with van der Waals surface area (Å²) >= 11 is 1.66. The molecule has 1 N–H and O–H groups in total. The predicted molar refractivity (Wildman–Crippen MR) is 112 cm³/mol. The van der Waals surface area contributed by atoms with Crippen molar-refractivity contribution < 1.29 is 0 Å². The molecular weight excluding hydrogens is 366 g/mol. The first-order chi connectivity index (χ1) is 13.9. The second-order valence-corrected chi connectivity index (χ2v) is 8.08. The summed E-state index contributed by atoms with van der Waals surface area (Å²) in [6.07, 6.45) is 6.35. The van der Waals surface area contributed by atoms with E-state index in [1.807, 2.05) is 23.8 Å². The second kappa shape index (κ2) is 7.81. The lowest BCUT2D eigenvalue weighted by Crippen LogP contribution is -2.33. The predicted octanol–water partition coefficient (Wildman–Crippen LogP) is 4.54. The monoisotopic (exact) mass is 389 g/mol. The molecule has 1 atom stereocenters. The first kappa shape index (κ1) is 17.5. The minimum Gasteiger partial charge on any atom is -0.341 e. The highest BCUT2D eigenvalue weighted by Crippen LogP contribution is 2.33. The van der Waals surface area contributed by atoms with Crippen molar-refractivity contribution in [3.8, 4) is 0 Å². The molecular formula is C22H23N5S. The van der Waals surface area contributed by atoms with Crippen molar-refractivity contribution in [2.24, 2.45) is 0 Å². The molecule has 0 spiro atoms. The molecule has 1 aliphatic rings. The zero-order chi connectivity index (χ0) is 18.8. The smallest absolute Gasteiger partial charge is 0.121 e. The van der Waals surface area contributed by atoms with Crippen molar-refractivity contribution in [1.29, 1.82) is 0 Å². The molecule has 0 unspecified atom stereocenters. The van der Waals surface area contributed by atoms with Crippen LogP contribution >= 0.6 is 11.3 Å². The first-order valence-corrected chi connectivity index (χ1v) is 10.8. The lowest BCUT2D eigenvalue weighted by molar-refractivity contribution is 0.164. The average molecular weight is 390 g/mol. The molecule has 0 fully saturated rings. The Morgan fingerprint density at radius 2 is 2.11 bits per heavy atom. The van der Waals surface area contributed by atoms with Crippen LogP contribution in [0.3, 0.4) is 0 Å². The molecule has 28 heavy (non-hydrogen) atoms. The van der Waals surface area contributed by atoms with Crippen molar-refractivity contribution >= 4 is 22.4 Å². The van der Waals surface area contributed by atoms with E-state index in [1.165, 1.54) is 17.7 Å². The van der Waals surface area contributed by atoms with Crippen LogP contribution in [0.2, 0.25) is 0 Å². The van der Waals surface area contributed by atoms with Gasteiger partial charge in [0.25, 0.3) is 0 Å². The second-order valence-electron chi connectivity index (χ2n) is 7.36. The quantitative estimate of drug-likeness (QED) is 0.526. The van der Waals surface area contributed by atoms with Crippen LogP contribution in [0.4, 0.5) is 0 Å². The number of hydrogen-bond acceptors (Lipinski definition) is 5. The molecule has 0 bridgehead atoms. The van der Waals surface area contributed by atoms with Gasteiger partial charge in [-0.2, -0.15) is 0 Å². The van der Waals surface area contributed by atoms with Gasteiger partial charge in [-0.15, -0.1) is 11.3 Å². The fraction of sp³-hybridized carbons (Fsp3) is 0.318. The number of fused-ring (bicyclic) bond motifs is 2. The fourth-order valence-corrected chi connectivity index (χ4v) is 4.77.